The van der Waals surface area contributed by atoms with E-state index in [0.717, 1.165) is 29.9 Å². The molecule has 3 rings (SSSR count). The summed E-state index contributed by atoms with van der Waals surface area (Å²) in [5.41, 5.74) is 8.49. The van der Waals surface area contributed by atoms with Gasteiger partial charge in [-0.15, -0.1) is 0 Å². The van der Waals surface area contributed by atoms with Gasteiger partial charge in [0, 0.05) is 33.6 Å². The lowest BCUT2D eigenvalue weighted by Crippen LogP contribution is -2.46. The van der Waals surface area contributed by atoms with E-state index in [1.54, 1.807) is 18.2 Å². The first-order chi connectivity index (χ1) is 18.4. The Morgan fingerprint density at radius 1 is 1.26 bits per heavy atom. The van der Waals surface area contributed by atoms with E-state index < -0.39 is 19.9 Å². The predicted octanol–water partition coefficient (Wildman–Crippen LogP) is 4.04. The van der Waals surface area contributed by atoms with Gasteiger partial charge in [-0.3, -0.25) is 14.6 Å². The van der Waals surface area contributed by atoms with Crippen LogP contribution < -0.4 is 21.1 Å². The minimum Gasteiger partial charge on any atom is -0.495 e. The van der Waals surface area contributed by atoms with Crippen molar-refractivity contribution in [3.63, 3.8) is 0 Å². The number of ether oxygens (including phenoxy) is 2. The van der Waals surface area contributed by atoms with Crippen molar-refractivity contribution in [3.8, 4) is 5.75 Å². The molecule has 0 spiro atoms. The topological polar surface area (TPSA) is 156 Å². The van der Waals surface area contributed by atoms with Crippen molar-refractivity contribution in [2.45, 2.75) is 58.4 Å². The summed E-state index contributed by atoms with van der Waals surface area (Å²) >= 11 is 0. The number of carbonyl (C=O) groups is 2. The smallest absolute Gasteiger partial charge is 0.314 e. The first-order valence-electron chi connectivity index (χ1n) is 13.2. The van der Waals surface area contributed by atoms with Crippen LogP contribution in [0.5, 0.6) is 5.75 Å². The molecular weight excluding hydrogens is 514 g/mol. The van der Waals surface area contributed by atoms with Crippen LogP contribution >= 0.6 is 0 Å². The molecule has 1 fully saturated rings. The molecule has 2 aromatic heterocycles. The SMILES string of the molecule is COc1cc([C@H]2CC[C@H](C)CN2C(=O)C(=O)Nc2cnc(N)c(C=N)c2NCOCC[Si](C)(C)C)cnc1C. The molecule has 1 aliphatic heterocycles. The largest absolute Gasteiger partial charge is 0.495 e. The Labute approximate surface area is 231 Å². The number of hydrogen-bond donors (Lipinski definition) is 4. The Bertz CT molecular complexity index is 1200. The van der Waals surface area contributed by atoms with Crippen LogP contribution in [0.15, 0.2) is 18.5 Å². The number of hydrogen-bond acceptors (Lipinski definition) is 9. The van der Waals surface area contributed by atoms with E-state index in [0.29, 0.717) is 36.6 Å². The van der Waals surface area contributed by atoms with Crippen LogP contribution in [-0.4, -0.2) is 68.0 Å². The summed E-state index contributed by atoms with van der Waals surface area (Å²) in [4.78, 5) is 36.9. The Morgan fingerprint density at radius 2 is 2.00 bits per heavy atom. The van der Waals surface area contributed by atoms with Gasteiger partial charge in [-0.05, 0) is 43.4 Å². The highest BCUT2D eigenvalue weighted by Crippen LogP contribution is 2.35. The average molecular weight is 556 g/mol. The lowest BCUT2D eigenvalue weighted by atomic mass is 9.90. The lowest BCUT2D eigenvalue weighted by molar-refractivity contribution is -0.146. The molecule has 0 aromatic carbocycles. The van der Waals surface area contributed by atoms with Crippen molar-refractivity contribution in [2.24, 2.45) is 5.92 Å². The summed E-state index contributed by atoms with van der Waals surface area (Å²) in [5.74, 6) is -0.447. The van der Waals surface area contributed by atoms with Crippen molar-refractivity contribution >= 4 is 43.3 Å². The highest BCUT2D eigenvalue weighted by atomic mass is 28.3. The van der Waals surface area contributed by atoms with Crippen molar-refractivity contribution in [1.82, 2.24) is 14.9 Å². The van der Waals surface area contributed by atoms with Crippen molar-refractivity contribution in [1.29, 1.82) is 5.41 Å². The number of amides is 2. The van der Waals surface area contributed by atoms with Crippen LogP contribution in [0.1, 0.15) is 42.6 Å². The fourth-order valence-corrected chi connectivity index (χ4v) is 5.25. The number of methoxy groups -OCH3 is 1. The van der Waals surface area contributed by atoms with Gasteiger partial charge in [-0.2, -0.15) is 0 Å². The zero-order valence-electron chi connectivity index (χ0n) is 23.8. The van der Waals surface area contributed by atoms with Crippen molar-refractivity contribution in [2.75, 3.05) is 43.4 Å². The number of rotatable bonds is 10. The Balaban J connectivity index is 1.80. The van der Waals surface area contributed by atoms with Gasteiger partial charge in [0.25, 0.3) is 0 Å². The molecule has 5 N–H and O–H groups in total. The van der Waals surface area contributed by atoms with Crippen LogP contribution in [-0.2, 0) is 14.3 Å². The van der Waals surface area contributed by atoms with Crippen molar-refractivity contribution < 1.29 is 19.1 Å². The Morgan fingerprint density at radius 3 is 2.67 bits per heavy atom. The van der Waals surface area contributed by atoms with Gasteiger partial charge >= 0.3 is 11.8 Å². The van der Waals surface area contributed by atoms with E-state index >= 15 is 0 Å². The predicted molar refractivity (Wildman–Crippen MR) is 156 cm³/mol. The molecule has 39 heavy (non-hydrogen) atoms. The molecule has 12 heteroatoms. The minimum absolute atomic E-state index is 0.129. The van der Waals surface area contributed by atoms with Crippen LogP contribution in [0.25, 0.3) is 0 Å². The fourth-order valence-electron chi connectivity index (χ4n) is 4.49. The molecule has 2 aromatic rings. The van der Waals surface area contributed by atoms with Crippen LogP contribution in [0, 0.1) is 18.3 Å². The van der Waals surface area contributed by atoms with Gasteiger partial charge in [0.15, 0.2) is 0 Å². The number of nitrogen functional groups attached to an aromatic ring is 1. The van der Waals surface area contributed by atoms with E-state index in [2.05, 4.69) is 47.2 Å². The molecule has 1 aliphatic rings. The van der Waals surface area contributed by atoms with Crippen LogP contribution in [0.3, 0.4) is 0 Å². The maximum atomic E-state index is 13.5. The maximum Gasteiger partial charge on any atom is 0.314 e. The first-order valence-corrected chi connectivity index (χ1v) is 16.9. The van der Waals surface area contributed by atoms with E-state index in [1.165, 1.54) is 6.20 Å². The third-order valence-electron chi connectivity index (χ3n) is 6.83. The van der Waals surface area contributed by atoms with E-state index in [9.17, 15) is 9.59 Å². The number of anilines is 3. The van der Waals surface area contributed by atoms with Gasteiger partial charge in [0.2, 0.25) is 0 Å². The second kappa shape index (κ2) is 13.0. The van der Waals surface area contributed by atoms with Crippen LogP contribution in [0.4, 0.5) is 17.2 Å². The van der Waals surface area contributed by atoms with Crippen molar-refractivity contribution in [3.05, 3.63) is 35.3 Å². The number of carbonyl (C=O) groups excluding carboxylic acids is 2. The van der Waals surface area contributed by atoms with Gasteiger partial charge < -0.3 is 36.2 Å². The minimum atomic E-state index is -1.25. The maximum absolute atomic E-state index is 13.5. The molecular formula is C27H41N7O4Si. The van der Waals surface area contributed by atoms with Crippen LogP contribution in [0.2, 0.25) is 25.7 Å². The van der Waals surface area contributed by atoms with E-state index in [1.807, 2.05) is 13.0 Å². The fraction of sp³-hybridized carbons (Fsp3) is 0.519. The summed E-state index contributed by atoms with van der Waals surface area (Å²) in [7, 11) is 0.335. The number of nitrogens with two attached hydrogens (primary N) is 1. The molecule has 1 saturated heterocycles. The summed E-state index contributed by atoms with van der Waals surface area (Å²) in [6.07, 6.45) is 5.80. The number of likely N-dealkylation sites (tertiary alicyclic amines) is 1. The Hall–Kier alpha value is -3.51. The first kappa shape index (κ1) is 30.0. The van der Waals surface area contributed by atoms with E-state index in [-0.39, 0.29) is 30.2 Å². The second-order valence-electron chi connectivity index (χ2n) is 11.2. The molecule has 0 bridgehead atoms. The number of nitrogens with one attached hydrogen (secondary N) is 3. The molecule has 2 atom stereocenters. The molecule has 0 unspecified atom stereocenters. The zero-order valence-corrected chi connectivity index (χ0v) is 24.8. The quantitative estimate of drug-likeness (QED) is 0.113. The summed E-state index contributed by atoms with van der Waals surface area (Å²) in [6, 6.07) is 2.58. The highest BCUT2D eigenvalue weighted by molar-refractivity contribution is 6.76. The third kappa shape index (κ3) is 7.76. The number of nitrogens with zero attached hydrogens (tertiary/aromatic N) is 3. The molecule has 0 saturated carbocycles. The third-order valence-corrected chi connectivity index (χ3v) is 8.53. The monoisotopic (exact) mass is 555 g/mol. The molecule has 11 nitrogen and oxygen atoms in total. The Kier molecular flexibility index (Phi) is 10.0. The molecule has 212 valence electrons. The van der Waals surface area contributed by atoms with E-state index in [4.69, 9.17) is 20.6 Å². The second-order valence-corrected chi connectivity index (χ2v) is 16.8. The molecule has 0 aliphatic carbocycles. The summed E-state index contributed by atoms with van der Waals surface area (Å²) in [5, 5.41) is 13.6. The number of aryl methyl sites for hydroxylation is 1. The molecule has 0 radical (unpaired) electrons. The normalized spacial score (nSPS) is 17.4. The standard InChI is InChI=1S/C27H41N7O4Si/c1-17-7-8-22(19-11-23(37-3)18(2)30-13-19)34(15-17)27(36)26(35)33-21-14-31-25(29)20(12-28)24(21)32-16-38-9-10-39(4,5)6/h11-14,17,22,28H,7-10,15-16H2,1-6H3,(H,33,35)(H3,29,31,32)/t17-,22+/m0/s1. The van der Waals surface area contributed by atoms with Gasteiger partial charge in [-0.25, -0.2) is 4.98 Å². The van der Waals surface area contributed by atoms with Gasteiger partial charge in [-0.1, -0.05) is 26.6 Å². The number of aromatic nitrogens is 2. The van der Waals surface area contributed by atoms with Gasteiger partial charge in [0.1, 0.15) is 18.3 Å². The average Bonchev–Trinajstić information content (AvgIpc) is 2.89. The molecule has 3 heterocycles. The summed E-state index contributed by atoms with van der Waals surface area (Å²) in [6.45, 7) is 11.9. The number of pyridine rings is 2. The summed E-state index contributed by atoms with van der Waals surface area (Å²) < 4.78 is 11.2. The van der Waals surface area contributed by atoms with Gasteiger partial charge in [0.05, 0.1) is 42.0 Å². The highest BCUT2D eigenvalue weighted by Gasteiger charge is 2.35. The molecule has 2 amide bonds. The lowest BCUT2D eigenvalue weighted by Gasteiger charge is -2.38. The number of piperidine rings is 1. The zero-order chi connectivity index (χ0) is 28.7.